The van der Waals surface area contributed by atoms with Gasteiger partial charge in [-0.2, -0.15) is 0 Å². The number of ether oxygens (including phenoxy) is 2. The van der Waals surface area contributed by atoms with Crippen LogP contribution in [0.4, 0.5) is 0 Å². The second-order valence-corrected chi connectivity index (χ2v) is 7.93. The van der Waals surface area contributed by atoms with Crippen molar-refractivity contribution in [2.75, 3.05) is 6.61 Å². The van der Waals surface area contributed by atoms with Gasteiger partial charge in [0.15, 0.2) is 11.9 Å². The van der Waals surface area contributed by atoms with E-state index in [4.69, 9.17) is 9.47 Å². The molecule has 3 aromatic carbocycles. The number of benzene rings is 3. The third-order valence-corrected chi connectivity index (χ3v) is 5.50. The average molecular weight is 456 g/mol. The number of hydrogen-bond acceptors (Lipinski definition) is 5. The van der Waals surface area contributed by atoms with E-state index in [9.17, 15) is 14.4 Å². The Bertz CT molecular complexity index is 1290. The summed E-state index contributed by atoms with van der Waals surface area (Å²) in [6, 6.07) is 23.4. The molecule has 1 heterocycles. The van der Waals surface area contributed by atoms with Crippen LogP contribution in [0.15, 0.2) is 85.1 Å². The minimum absolute atomic E-state index is 0.00977. The van der Waals surface area contributed by atoms with Gasteiger partial charge >= 0.3 is 5.97 Å². The molecule has 0 unspecified atom stereocenters. The van der Waals surface area contributed by atoms with Crippen LogP contribution in [-0.2, 0) is 9.53 Å². The maximum absolute atomic E-state index is 13.4. The maximum atomic E-state index is 13.4. The Hall–Kier alpha value is -4.19. The Kier molecular flexibility index (Phi) is 7.18. The smallest absolute Gasteiger partial charge is 0.306 e. The molecule has 6 nitrogen and oxygen atoms in total. The first-order chi connectivity index (χ1) is 16.5. The molecule has 4 aromatic rings. The summed E-state index contributed by atoms with van der Waals surface area (Å²) in [4.78, 5) is 40.5. The number of fused-ring (bicyclic) bond motifs is 1. The van der Waals surface area contributed by atoms with Crippen molar-refractivity contribution in [3.63, 3.8) is 0 Å². The van der Waals surface area contributed by atoms with E-state index in [-0.39, 0.29) is 18.0 Å². The first kappa shape index (κ1) is 23.0. The van der Waals surface area contributed by atoms with Crippen LogP contribution < -0.4 is 4.74 Å². The summed E-state index contributed by atoms with van der Waals surface area (Å²) >= 11 is 0. The number of carbonyl (C=O) groups is 3. The van der Waals surface area contributed by atoms with Crippen molar-refractivity contribution in [3.05, 3.63) is 102 Å². The fraction of sp³-hybridized carbons (Fsp3) is 0.179. The number of rotatable bonds is 10. The summed E-state index contributed by atoms with van der Waals surface area (Å²) in [6.45, 7) is 1.81. The van der Waals surface area contributed by atoms with Gasteiger partial charge in [-0.05, 0) is 43.7 Å². The van der Waals surface area contributed by atoms with Crippen molar-refractivity contribution in [1.29, 1.82) is 0 Å². The van der Waals surface area contributed by atoms with Crippen molar-refractivity contribution in [1.82, 2.24) is 4.98 Å². The highest BCUT2D eigenvalue weighted by atomic mass is 16.5. The van der Waals surface area contributed by atoms with Gasteiger partial charge in [0.25, 0.3) is 0 Å². The third kappa shape index (κ3) is 5.41. The van der Waals surface area contributed by atoms with Gasteiger partial charge in [-0.3, -0.25) is 14.4 Å². The number of Topliss-reactive ketones (excluding diaryl/α,β-unsaturated/α-hetero) is 2. The van der Waals surface area contributed by atoms with Gasteiger partial charge in [0.2, 0.25) is 5.78 Å². The SMILES string of the molecule is CC(=O)c1ccc(OCCCC(=O)O[C@@H](C(=O)c2c[nH]c3ccccc23)c2ccccc2)cc1. The topological polar surface area (TPSA) is 85.5 Å². The van der Waals surface area contributed by atoms with Gasteiger partial charge in [0.1, 0.15) is 5.75 Å². The average Bonchev–Trinajstić information content (AvgIpc) is 3.30. The van der Waals surface area contributed by atoms with E-state index in [0.29, 0.717) is 35.5 Å². The summed E-state index contributed by atoms with van der Waals surface area (Å²) < 4.78 is 11.3. The molecule has 0 fully saturated rings. The zero-order chi connectivity index (χ0) is 23.9. The Morgan fingerprint density at radius 2 is 1.59 bits per heavy atom. The molecule has 0 saturated carbocycles. The van der Waals surface area contributed by atoms with Crippen LogP contribution in [0.25, 0.3) is 10.9 Å². The Balaban J connectivity index is 1.39. The number of ketones is 2. The van der Waals surface area contributed by atoms with Crippen LogP contribution in [0.1, 0.15) is 52.1 Å². The number of aromatic nitrogens is 1. The summed E-state index contributed by atoms with van der Waals surface area (Å²) in [5.41, 5.74) is 2.56. The first-order valence-corrected chi connectivity index (χ1v) is 11.1. The van der Waals surface area contributed by atoms with Gasteiger partial charge < -0.3 is 14.5 Å². The molecule has 0 amide bonds. The molecule has 0 aliphatic carbocycles. The molecule has 0 aliphatic rings. The number of carbonyl (C=O) groups excluding carboxylic acids is 3. The lowest BCUT2D eigenvalue weighted by atomic mass is 9.99. The molecule has 0 radical (unpaired) electrons. The van der Waals surface area contributed by atoms with E-state index in [1.54, 1.807) is 42.6 Å². The van der Waals surface area contributed by atoms with Crippen molar-refractivity contribution in [3.8, 4) is 5.75 Å². The standard InChI is InChI=1S/C28H25NO5/c1-19(30)20-13-15-22(16-14-20)33-17-7-12-26(31)34-28(21-8-3-2-4-9-21)27(32)24-18-29-25-11-6-5-10-23(24)25/h2-6,8-11,13-16,18,28-29H,7,12,17H2,1H3/t28-/m1/s1. The number of para-hydroxylation sites is 1. The highest BCUT2D eigenvalue weighted by molar-refractivity contribution is 6.10. The molecule has 0 aliphatic heterocycles. The maximum Gasteiger partial charge on any atom is 0.306 e. The van der Waals surface area contributed by atoms with Crippen LogP contribution in [0.5, 0.6) is 5.75 Å². The zero-order valence-electron chi connectivity index (χ0n) is 18.8. The van der Waals surface area contributed by atoms with Crippen LogP contribution in [0, 0.1) is 0 Å². The van der Waals surface area contributed by atoms with E-state index in [2.05, 4.69) is 4.98 Å². The molecule has 1 aromatic heterocycles. The predicted octanol–water partition coefficient (Wildman–Crippen LogP) is 5.70. The van der Waals surface area contributed by atoms with Crippen molar-refractivity contribution in [2.24, 2.45) is 0 Å². The molecule has 0 saturated heterocycles. The fourth-order valence-corrected chi connectivity index (χ4v) is 3.70. The highest BCUT2D eigenvalue weighted by Crippen LogP contribution is 2.27. The highest BCUT2D eigenvalue weighted by Gasteiger charge is 2.27. The second kappa shape index (κ2) is 10.6. The van der Waals surface area contributed by atoms with E-state index in [1.165, 1.54) is 6.92 Å². The molecule has 0 bridgehead atoms. The molecule has 34 heavy (non-hydrogen) atoms. The van der Waals surface area contributed by atoms with E-state index < -0.39 is 12.1 Å². The molecule has 172 valence electrons. The number of H-pyrrole nitrogens is 1. The molecule has 6 heteroatoms. The summed E-state index contributed by atoms with van der Waals surface area (Å²) in [6.07, 6.45) is 1.15. The van der Waals surface area contributed by atoms with Gasteiger partial charge in [-0.25, -0.2) is 0 Å². The number of aromatic amines is 1. The molecule has 1 atom stereocenters. The van der Waals surface area contributed by atoms with Crippen LogP contribution in [-0.4, -0.2) is 29.1 Å². The van der Waals surface area contributed by atoms with E-state index in [1.807, 2.05) is 42.5 Å². The van der Waals surface area contributed by atoms with E-state index >= 15 is 0 Å². The summed E-state index contributed by atoms with van der Waals surface area (Å²) in [5.74, 6) is -0.143. The normalized spacial score (nSPS) is 11.7. The molecule has 1 N–H and O–H groups in total. The van der Waals surface area contributed by atoms with Gasteiger partial charge in [0, 0.05) is 40.2 Å². The van der Waals surface area contributed by atoms with Crippen molar-refractivity contribution < 1.29 is 23.9 Å². The van der Waals surface area contributed by atoms with Crippen molar-refractivity contribution in [2.45, 2.75) is 25.9 Å². The van der Waals surface area contributed by atoms with Crippen molar-refractivity contribution >= 4 is 28.4 Å². The Morgan fingerprint density at radius 1 is 0.882 bits per heavy atom. The van der Waals surface area contributed by atoms with Gasteiger partial charge in [0.05, 0.1) is 6.61 Å². The van der Waals surface area contributed by atoms with Crippen LogP contribution in [0.3, 0.4) is 0 Å². The summed E-state index contributed by atoms with van der Waals surface area (Å²) in [7, 11) is 0. The Morgan fingerprint density at radius 3 is 2.32 bits per heavy atom. The fourth-order valence-electron chi connectivity index (χ4n) is 3.70. The lowest BCUT2D eigenvalue weighted by Gasteiger charge is -2.17. The van der Waals surface area contributed by atoms with Crippen LogP contribution >= 0.6 is 0 Å². The number of esters is 1. The van der Waals surface area contributed by atoms with Gasteiger partial charge in [-0.1, -0.05) is 48.5 Å². The predicted molar refractivity (Wildman–Crippen MR) is 129 cm³/mol. The third-order valence-electron chi connectivity index (χ3n) is 5.50. The molecular weight excluding hydrogens is 430 g/mol. The first-order valence-electron chi connectivity index (χ1n) is 11.1. The monoisotopic (exact) mass is 455 g/mol. The lowest BCUT2D eigenvalue weighted by molar-refractivity contribution is -0.147. The quantitative estimate of drug-likeness (QED) is 0.188. The van der Waals surface area contributed by atoms with Crippen LogP contribution in [0.2, 0.25) is 0 Å². The summed E-state index contributed by atoms with van der Waals surface area (Å²) in [5, 5.41) is 0.786. The zero-order valence-corrected chi connectivity index (χ0v) is 18.8. The lowest BCUT2D eigenvalue weighted by Crippen LogP contribution is -2.20. The molecular formula is C28H25NO5. The Labute approximate surface area is 197 Å². The van der Waals surface area contributed by atoms with Gasteiger partial charge in [-0.15, -0.1) is 0 Å². The number of nitrogens with one attached hydrogen (secondary N) is 1. The molecule has 4 rings (SSSR count). The molecule has 0 spiro atoms. The largest absolute Gasteiger partial charge is 0.494 e. The number of hydrogen-bond donors (Lipinski definition) is 1. The minimum atomic E-state index is -1.03. The van der Waals surface area contributed by atoms with E-state index in [0.717, 1.165) is 10.9 Å². The second-order valence-electron chi connectivity index (χ2n) is 7.93. The minimum Gasteiger partial charge on any atom is -0.494 e.